The number of rotatable bonds is 3. The summed E-state index contributed by atoms with van der Waals surface area (Å²) < 4.78 is 23.7. The molecule has 0 bridgehead atoms. The maximum atomic E-state index is 11.9. The summed E-state index contributed by atoms with van der Waals surface area (Å²) in [5, 5.41) is 2.91. The van der Waals surface area contributed by atoms with Gasteiger partial charge in [0.25, 0.3) is 0 Å². The van der Waals surface area contributed by atoms with E-state index in [1.54, 1.807) is 12.1 Å². The molecule has 1 heterocycles. The van der Waals surface area contributed by atoms with Crippen molar-refractivity contribution >= 4 is 21.4 Å². The van der Waals surface area contributed by atoms with Gasteiger partial charge in [-0.2, -0.15) is 0 Å². The summed E-state index contributed by atoms with van der Waals surface area (Å²) in [6.07, 6.45) is 3.08. The van der Waals surface area contributed by atoms with Crippen LogP contribution >= 0.6 is 0 Å². The molecule has 0 aliphatic carbocycles. The third-order valence-corrected chi connectivity index (χ3v) is 4.58. The Morgan fingerprint density at radius 3 is 2.70 bits per heavy atom. The fraction of sp³-hybridized carbons (Fsp3) is 0.500. The number of para-hydroxylation sites is 1. The Balaban J connectivity index is 2.25. The second-order valence-corrected chi connectivity index (χ2v) is 7.21. The highest BCUT2D eigenvalue weighted by Gasteiger charge is 2.24. The summed E-state index contributed by atoms with van der Waals surface area (Å²) in [7, 11) is -3.25. The molecular weight excluding hydrogens is 276 g/mol. The van der Waals surface area contributed by atoms with Crippen LogP contribution in [0.2, 0.25) is 0 Å². The minimum Gasteiger partial charge on any atom is -0.368 e. The van der Waals surface area contributed by atoms with E-state index in [9.17, 15) is 13.2 Å². The minimum atomic E-state index is -3.25. The summed E-state index contributed by atoms with van der Waals surface area (Å²) in [5.41, 5.74) is 0.727. The zero-order valence-electron chi connectivity index (χ0n) is 11.8. The van der Waals surface area contributed by atoms with E-state index in [0.29, 0.717) is 11.4 Å². The normalized spacial score (nSPS) is 19.7. The summed E-state index contributed by atoms with van der Waals surface area (Å²) in [4.78, 5) is 13.5. The van der Waals surface area contributed by atoms with Gasteiger partial charge in [-0.05, 0) is 25.0 Å². The predicted octanol–water partition coefficient (Wildman–Crippen LogP) is 1.20. The summed E-state index contributed by atoms with van der Waals surface area (Å²) in [6, 6.07) is 7.11. The van der Waals surface area contributed by atoms with Crippen LogP contribution in [0.25, 0.3) is 0 Å². The Morgan fingerprint density at radius 2 is 2.05 bits per heavy atom. The molecular formula is C14H20N2O3S. The minimum absolute atomic E-state index is 0.0479. The number of carbonyl (C=O) groups excluding carboxylic acids is 1. The highest BCUT2D eigenvalue weighted by molar-refractivity contribution is 7.90. The lowest BCUT2D eigenvalue weighted by atomic mass is 10.0. The fourth-order valence-corrected chi connectivity index (χ4v) is 3.54. The standard InChI is InChI=1S/C14H20N2O3S/c1-11(17)15-12-6-5-9-16(10-12)13-7-3-4-8-14(13)20(2,18)19/h3-4,7-8,12H,5-6,9-10H2,1-2H3,(H,15,17)/t12-/m0/s1. The summed E-state index contributed by atoms with van der Waals surface area (Å²) in [6.45, 7) is 2.96. The average Bonchev–Trinajstić information content (AvgIpc) is 2.37. The van der Waals surface area contributed by atoms with Gasteiger partial charge in [-0.1, -0.05) is 12.1 Å². The van der Waals surface area contributed by atoms with E-state index < -0.39 is 9.84 Å². The number of carbonyl (C=O) groups is 1. The van der Waals surface area contributed by atoms with Crippen LogP contribution in [0.15, 0.2) is 29.2 Å². The van der Waals surface area contributed by atoms with Crippen LogP contribution in [-0.2, 0) is 14.6 Å². The topological polar surface area (TPSA) is 66.5 Å². The third kappa shape index (κ3) is 3.50. The van der Waals surface area contributed by atoms with E-state index in [-0.39, 0.29) is 11.9 Å². The first kappa shape index (κ1) is 14.8. The van der Waals surface area contributed by atoms with Crippen molar-refractivity contribution in [2.75, 3.05) is 24.2 Å². The Kier molecular flexibility index (Phi) is 4.32. The first-order chi connectivity index (χ1) is 9.38. The van der Waals surface area contributed by atoms with Crippen LogP contribution in [0.5, 0.6) is 0 Å². The fourth-order valence-electron chi connectivity index (χ4n) is 2.63. The van der Waals surface area contributed by atoms with E-state index >= 15 is 0 Å². The second-order valence-electron chi connectivity index (χ2n) is 5.23. The first-order valence-corrected chi connectivity index (χ1v) is 8.58. The molecule has 20 heavy (non-hydrogen) atoms. The van der Waals surface area contributed by atoms with Crippen LogP contribution in [0.4, 0.5) is 5.69 Å². The lowest BCUT2D eigenvalue weighted by Crippen LogP contribution is -2.47. The van der Waals surface area contributed by atoms with Crippen molar-refractivity contribution in [2.24, 2.45) is 0 Å². The van der Waals surface area contributed by atoms with Crippen molar-refractivity contribution in [2.45, 2.75) is 30.7 Å². The van der Waals surface area contributed by atoms with Crippen molar-refractivity contribution in [1.82, 2.24) is 5.32 Å². The second kappa shape index (κ2) is 5.83. The van der Waals surface area contributed by atoms with Crippen LogP contribution in [0.3, 0.4) is 0 Å². The first-order valence-electron chi connectivity index (χ1n) is 6.69. The molecule has 0 radical (unpaired) electrons. The van der Waals surface area contributed by atoms with E-state index in [0.717, 1.165) is 25.1 Å². The van der Waals surface area contributed by atoms with Crippen LogP contribution in [0, 0.1) is 0 Å². The van der Waals surface area contributed by atoms with E-state index in [2.05, 4.69) is 5.32 Å². The zero-order chi connectivity index (χ0) is 14.8. The maximum absolute atomic E-state index is 11.9. The van der Waals surface area contributed by atoms with Crippen molar-refractivity contribution in [1.29, 1.82) is 0 Å². The van der Waals surface area contributed by atoms with Gasteiger partial charge < -0.3 is 10.2 Å². The van der Waals surface area contributed by atoms with Gasteiger partial charge >= 0.3 is 0 Å². The van der Waals surface area contributed by atoms with Gasteiger partial charge in [0, 0.05) is 32.3 Å². The molecule has 1 aromatic carbocycles. The molecule has 1 atom stereocenters. The van der Waals surface area contributed by atoms with Crippen LogP contribution < -0.4 is 10.2 Å². The van der Waals surface area contributed by atoms with E-state index in [1.807, 2.05) is 17.0 Å². The van der Waals surface area contributed by atoms with Gasteiger partial charge in [-0.15, -0.1) is 0 Å². The molecule has 0 aromatic heterocycles. The number of piperidine rings is 1. The highest BCUT2D eigenvalue weighted by atomic mass is 32.2. The SMILES string of the molecule is CC(=O)N[C@H]1CCCN(c2ccccc2S(C)(=O)=O)C1. The van der Waals surface area contributed by atoms with E-state index in [1.165, 1.54) is 13.2 Å². The van der Waals surface area contributed by atoms with Gasteiger partial charge in [-0.3, -0.25) is 4.79 Å². The van der Waals surface area contributed by atoms with Gasteiger partial charge in [0.15, 0.2) is 9.84 Å². The molecule has 1 aromatic rings. The van der Waals surface area contributed by atoms with E-state index in [4.69, 9.17) is 0 Å². The molecule has 5 nitrogen and oxygen atoms in total. The van der Waals surface area contributed by atoms with Crippen molar-refractivity contribution in [3.63, 3.8) is 0 Å². The Labute approximate surface area is 119 Å². The molecule has 1 saturated heterocycles. The van der Waals surface area contributed by atoms with Gasteiger partial charge in [0.2, 0.25) is 5.91 Å². The molecule has 1 amide bonds. The highest BCUT2D eigenvalue weighted by Crippen LogP contribution is 2.27. The average molecular weight is 296 g/mol. The molecule has 1 fully saturated rings. The zero-order valence-corrected chi connectivity index (χ0v) is 12.6. The molecule has 0 spiro atoms. The number of anilines is 1. The Hall–Kier alpha value is -1.56. The Morgan fingerprint density at radius 1 is 1.35 bits per heavy atom. The molecule has 110 valence electrons. The lowest BCUT2D eigenvalue weighted by molar-refractivity contribution is -0.119. The van der Waals surface area contributed by atoms with Crippen molar-refractivity contribution < 1.29 is 13.2 Å². The monoisotopic (exact) mass is 296 g/mol. The maximum Gasteiger partial charge on any atom is 0.217 e. The predicted molar refractivity (Wildman–Crippen MR) is 78.6 cm³/mol. The number of sulfone groups is 1. The summed E-state index contributed by atoms with van der Waals surface area (Å²) in [5.74, 6) is -0.0479. The molecule has 1 aliphatic heterocycles. The quantitative estimate of drug-likeness (QED) is 0.910. The summed E-state index contributed by atoms with van der Waals surface area (Å²) >= 11 is 0. The number of benzene rings is 1. The third-order valence-electron chi connectivity index (χ3n) is 3.43. The lowest BCUT2D eigenvalue weighted by Gasteiger charge is -2.35. The molecule has 2 rings (SSSR count). The number of amides is 1. The molecule has 1 N–H and O–H groups in total. The van der Waals surface area contributed by atoms with Crippen LogP contribution in [0.1, 0.15) is 19.8 Å². The van der Waals surface area contributed by atoms with Crippen molar-refractivity contribution in [3.8, 4) is 0 Å². The number of nitrogens with zero attached hydrogens (tertiary/aromatic N) is 1. The molecule has 0 unspecified atom stereocenters. The molecule has 0 saturated carbocycles. The largest absolute Gasteiger partial charge is 0.368 e. The Bertz CT molecular complexity index is 598. The van der Waals surface area contributed by atoms with Gasteiger partial charge in [0.05, 0.1) is 10.6 Å². The van der Waals surface area contributed by atoms with Crippen LogP contribution in [-0.4, -0.2) is 39.7 Å². The molecule has 6 heteroatoms. The molecule has 1 aliphatic rings. The number of hydrogen-bond donors (Lipinski definition) is 1. The van der Waals surface area contributed by atoms with Gasteiger partial charge in [0.1, 0.15) is 0 Å². The number of hydrogen-bond acceptors (Lipinski definition) is 4. The van der Waals surface area contributed by atoms with Gasteiger partial charge in [-0.25, -0.2) is 8.42 Å². The van der Waals surface area contributed by atoms with Crippen molar-refractivity contribution in [3.05, 3.63) is 24.3 Å². The number of nitrogens with one attached hydrogen (secondary N) is 1. The smallest absolute Gasteiger partial charge is 0.217 e.